The van der Waals surface area contributed by atoms with Gasteiger partial charge in [-0.15, -0.1) is 0 Å². The number of hydrazone groups is 1. The van der Waals surface area contributed by atoms with E-state index in [0.717, 1.165) is 41.9 Å². The zero-order valence-corrected chi connectivity index (χ0v) is 22.9. The number of furan rings is 2. The summed E-state index contributed by atoms with van der Waals surface area (Å²) >= 11 is 0. The van der Waals surface area contributed by atoms with Gasteiger partial charge in [0.25, 0.3) is 5.91 Å². The van der Waals surface area contributed by atoms with Gasteiger partial charge >= 0.3 is 5.97 Å². The van der Waals surface area contributed by atoms with Crippen LogP contribution in [0.1, 0.15) is 42.4 Å². The van der Waals surface area contributed by atoms with Gasteiger partial charge in [-0.05, 0) is 85.0 Å². The van der Waals surface area contributed by atoms with Crippen molar-refractivity contribution in [1.82, 2.24) is 5.01 Å². The Morgan fingerprint density at radius 3 is 2.38 bits per heavy atom. The molecule has 0 N–H and O–H groups in total. The van der Waals surface area contributed by atoms with Crippen LogP contribution in [0.3, 0.4) is 0 Å². The van der Waals surface area contributed by atoms with Crippen molar-refractivity contribution in [3.8, 4) is 11.5 Å². The number of benzene rings is 2. The van der Waals surface area contributed by atoms with Crippen LogP contribution in [0.2, 0.25) is 0 Å². The van der Waals surface area contributed by atoms with Crippen LogP contribution in [-0.2, 0) is 20.9 Å². The fourth-order valence-corrected chi connectivity index (χ4v) is 5.26. The largest absolute Gasteiger partial charge is 0.489 e. The number of hydrogen-bond acceptors (Lipinski definition) is 8. The van der Waals surface area contributed by atoms with Crippen molar-refractivity contribution in [1.29, 1.82) is 0 Å². The number of fused-ring (bicyclic) bond motifs is 1. The molecule has 42 heavy (non-hydrogen) atoms. The van der Waals surface area contributed by atoms with Crippen LogP contribution in [0.5, 0.6) is 11.5 Å². The van der Waals surface area contributed by atoms with Crippen LogP contribution in [0.15, 0.2) is 111 Å². The number of amides is 1. The number of esters is 1. The second kappa shape index (κ2) is 12.6. The van der Waals surface area contributed by atoms with Gasteiger partial charge in [0.2, 0.25) is 0 Å². The number of allylic oxidation sites excluding steroid dienone is 1. The molecule has 6 rings (SSSR count). The maximum atomic E-state index is 13.3. The molecule has 3 heterocycles. The molecule has 0 spiro atoms. The van der Waals surface area contributed by atoms with Crippen molar-refractivity contribution in [2.75, 3.05) is 13.2 Å². The Hall–Kier alpha value is -5.05. The first kappa shape index (κ1) is 27.1. The predicted octanol–water partition coefficient (Wildman–Crippen LogP) is 6.20. The van der Waals surface area contributed by atoms with Gasteiger partial charge in [0.05, 0.1) is 18.2 Å². The van der Waals surface area contributed by atoms with E-state index in [1.54, 1.807) is 42.9 Å². The normalized spacial score (nSPS) is 18.8. The van der Waals surface area contributed by atoms with Gasteiger partial charge in [-0.3, -0.25) is 4.79 Å². The molecule has 1 aliphatic carbocycles. The molecule has 2 atom stereocenters. The Labute approximate surface area is 243 Å². The van der Waals surface area contributed by atoms with Crippen LogP contribution >= 0.6 is 0 Å². The van der Waals surface area contributed by atoms with Gasteiger partial charge in [-0.1, -0.05) is 30.3 Å². The second-order valence-electron chi connectivity index (χ2n) is 10.1. The lowest BCUT2D eigenvalue weighted by Gasteiger charge is -2.27. The van der Waals surface area contributed by atoms with Gasteiger partial charge in [-0.25, -0.2) is 9.80 Å². The molecule has 1 amide bonds. The lowest BCUT2D eigenvalue weighted by molar-refractivity contribution is -0.154. The molecular weight excluding hydrogens is 536 g/mol. The van der Waals surface area contributed by atoms with Gasteiger partial charge in [-0.2, -0.15) is 5.10 Å². The zero-order valence-electron chi connectivity index (χ0n) is 22.9. The Bertz CT molecular complexity index is 1540. The van der Waals surface area contributed by atoms with Crippen molar-refractivity contribution in [2.24, 2.45) is 11.0 Å². The summed E-state index contributed by atoms with van der Waals surface area (Å²) in [5.41, 5.74) is 2.92. The van der Waals surface area contributed by atoms with E-state index in [9.17, 15) is 9.59 Å². The fourth-order valence-electron chi connectivity index (χ4n) is 5.26. The number of carbonyl (C=O) groups is 2. The SMILES string of the molecule is O=C(COc1ccc(OCc2ccccc2)cc1)OCC(=O)N1N=C2C(=Cc3ccco3)CCCC2C1c1ccco1. The maximum Gasteiger partial charge on any atom is 0.344 e. The van der Waals surface area contributed by atoms with E-state index in [-0.39, 0.29) is 12.5 Å². The highest BCUT2D eigenvalue weighted by Gasteiger charge is 2.45. The highest BCUT2D eigenvalue weighted by atomic mass is 16.6. The molecule has 2 aromatic heterocycles. The molecule has 2 aliphatic rings. The summed E-state index contributed by atoms with van der Waals surface area (Å²) in [6.07, 6.45) is 7.80. The first-order chi connectivity index (χ1) is 20.6. The van der Waals surface area contributed by atoms with Crippen LogP contribution in [0.25, 0.3) is 6.08 Å². The highest BCUT2D eigenvalue weighted by molar-refractivity contribution is 6.08. The van der Waals surface area contributed by atoms with Crippen molar-refractivity contribution in [3.05, 3.63) is 114 Å². The quantitative estimate of drug-likeness (QED) is 0.211. The number of ether oxygens (including phenoxy) is 3. The zero-order chi connectivity index (χ0) is 28.7. The monoisotopic (exact) mass is 566 g/mol. The molecule has 1 fully saturated rings. The Kier molecular flexibility index (Phi) is 8.16. The summed E-state index contributed by atoms with van der Waals surface area (Å²) in [7, 11) is 0. The van der Waals surface area contributed by atoms with Crippen molar-refractivity contribution in [3.63, 3.8) is 0 Å². The standard InChI is InChI=1S/C33H30N2O7/c36-30(21-42-31(37)22-41-26-15-13-25(14-16-26)40-20-23-7-2-1-3-8-23)35-33(29-12-6-18-39-29)28-11-4-9-24(32(28)34-35)19-27-10-5-17-38-27/h1-3,5-8,10,12-19,28,33H,4,9,11,20-22H2. The minimum Gasteiger partial charge on any atom is -0.489 e. The smallest absolute Gasteiger partial charge is 0.344 e. The number of nitrogens with zero attached hydrogens (tertiary/aromatic N) is 2. The molecule has 0 saturated heterocycles. The topological polar surface area (TPSA) is 104 Å². The van der Waals surface area contributed by atoms with Gasteiger partial charge in [0, 0.05) is 5.92 Å². The van der Waals surface area contributed by atoms with E-state index in [1.165, 1.54) is 5.01 Å². The summed E-state index contributed by atoms with van der Waals surface area (Å²) in [6, 6.07) is 23.7. The van der Waals surface area contributed by atoms with Gasteiger partial charge in [0.15, 0.2) is 13.2 Å². The molecule has 2 unspecified atom stereocenters. The summed E-state index contributed by atoms with van der Waals surface area (Å²) in [5, 5.41) is 6.11. The molecule has 9 heteroatoms. The Morgan fingerprint density at radius 2 is 1.64 bits per heavy atom. The maximum absolute atomic E-state index is 13.3. The molecule has 2 aromatic carbocycles. The molecular formula is C33H30N2O7. The third-order valence-electron chi connectivity index (χ3n) is 7.24. The summed E-state index contributed by atoms with van der Waals surface area (Å²) in [4.78, 5) is 25.7. The van der Waals surface area contributed by atoms with Crippen LogP contribution in [0.4, 0.5) is 0 Å². The Balaban J connectivity index is 1.05. The molecule has 9 nitrogen and oxygen atoms in total. The van der Waals surface area contributed by atoms with Gasteiger partial charge < -0.3 is 23.0 Å². The molecule has 1 saturated carbocycles. The first-order valence-electron chi connectivity index (χ1n) is 13.9. The first-order valence-corrected chi connectivity index (χ1v) is 13.9. The number of hydrogen-bond donors (Lipinski definition) is 0. The average Bonchev–Trinajstić information content (AvgIpc) is 3.81. The van der Waals surface area contributed by atoms with E-state index < -0.39 is 24.5 Å². The van der Waals surface area contributed by atoms with Crippen LogP contribution in [-0.4, -0.2) is 35.8 Å². The van der Waals surface area contributed by atoms with E-state index >= 15 is 0 Å². The van der Waals surface area contributed by atoms with Crippen molar-refractivity contribution < 1.29 is 32.6 Å². The highest BCUT2D eigenvalue weighted by Crippen LogP contribution is 2.44. The third-order valence-corrected chi connectivity index (χ3v) is 7.24. The average molecular weight is 567 g/mol. The third kappa shape index (κ3) is 6.30. The van der Waals surface area contributed by atoms with E-state index in [2.05, 4.69) is 0 Å². The van der Waals surface area contributed by atoms with Crippen LogP contribution < -0.4 is 9.47 Å². The lowest BCUT2D eigenvalue weighted by atomic mass is 9.79. The van der Waals surface area contributed by atoms with E-state index in [4.69, 9.17) is 28.1 Å². The molecule has 4 aromatic rings. The minimum atomic E-state index is -0.662. The summed E-state index contributed by atoms with van der Waals surface area (Å²) in [6.45, 7) is -0.355. The fraction of sp³-hybridized carbons (Fsp3) is 0.242. The van der Waals surface area contributed by atoms with Crippen LogP contribution in [0, 0.1) is 5.92 Å². The lowest BCUT2D eigenvalue weighted by Crippen LogP contribution is -2.34. The Morgan fingerprint density at radius 1 is 0.881 bits per heavy atom. The second-order valence-corrected chi connectivity index (χ2v) is 10.1. The van der Waals surface area contributed by atoms with Gasteiger partial charge in [0.1, 0.15) is 35.7 Å². The molecule has 1 aliphatic heterocycles. The number of carbonyl (C=O) groups excluding carboxylic acids is 2. The van der Waals surface area contributed by atoms with Crippen molar-refractivity contribution >= 4 is 23.7 Å². The molecule has 0 bridgehead atoms. The summed E-state index contributed by atoms with van der Waals surface area (Å²) in [5.74, 6) is 1.39. The molecule has 0 radical (unpaired) electrons. The predicted molar refractivity (Wildman–Crippen MR) is 153 cm³/mol. The number of rotatable bonds is 10. The summed E-state index contributed by atoms with van der Waals surface area (Å²) < 4.78 is 27.8. The van der Waals surface area contributed by atoms with E-state index in [0.29, 0.717) is 23.9 Å². The molecule has 214 valence electrons. The van der Waals surface area contributed by atoms with E-state index in [1.807, 2.05) is 54.6 Å². The van der Waals surface area contributed by atoms with Crippen molar-refractivity contribution in [2.45, 2.75) is 31.9 Å². The minimum absolute atomic E-state index is 0.0336.